The van der Waals surface area contributed by atoms with Crippen molar-refractivity contribution in [1.29, 1.82) is 0 Å². The lowest BCUT2D eigenvalue weighted by atomic mass is 9.68. The fourth-order valence-corrected chi connectivity index (χ4v) is 6.43. The highest BCUT2D eigenvalue weighted by atomic mass is 16.1. The lowest BCUT2D eigenvalue weighted by Crippen LogP contribution is -2.27. The average molecular weight is 526 g/mol. The second-order valence-electron chi connectivity index (χ2n) is 10.6. The molecule has 0 spiro atoms. The number of hydrazone groups is 1. The molecule has 0 saturated carbocycles. The van der Waals surface area contributed by atoms with Gasteiger partial charge in [-0.1, -0.05) is 80.2 Å². The first-order valence-corrected chi connectivity index (χ1v) is 13.7. The minimum Gasteiger partial charge on any atom is -0.323 e. The van der Waals surface area contributed by atoms with Crippen molar-refractivity contribution in [3.05, 3.63) is 130 Å². The van der Waals surface area contributed by atoms with Crippen LogP contribution in [0.3, 0.4) is 0 Å². The van der Waals surface area contributed by atoms with E-state index in [0.717, 1.165) is 57.5 Å². The molecule has 3 N–H and O–H groups in total. The highest BCUT2D eigenvalue weighted by Gasteiger charge is 2.37. The molecule has 2 unspecified atom stereocenters. The largest absolute Gasteiger partial charge is 0.323 e. The Labute approximate surface area is 234 Å². The van der Waals surface area contributed by atoms with Crippen LogP contribution in [0.2, 0.25) is 0 Å². The number of Topliss-reactive ketones (excluding diaryl/α,β-unsaturated/α-hetero) is 1. The number of hydrogen-bond donors (Lipinski definition) is 2. The molecule has 0 saturated heterocycles. The standard InChI is InChI=1S/C35H31N3O2/c1-3-23-7-4-5-8-26(23)34-32(39)19-21(2)25-15-16-28-27-9-6-10-31(29(27)17-18-30(28)33(25)34)38-35(40)24-13-11-22(12-14-24)20-37-36/h3-16,20-21,34H,1,17-19,36H2,2H3,(H,38,40). The Morgan fingerprint density at radius 3 is 2.45 bits per heavy atom. The van der Waals surface area contributed by atoms with Crippen LogP contribution in [0.15, 0.2) is 90.5 Å². The molecule has 5 nitrogen and oxygen atoms in total. The van der Waals surface area contributed by atoms with Gasteiger partial charge in [-0.2, -0.15) is 5.10 Å². The molecule has 1 amide bonds. The van der Waals surface area contributed by atoms with Gasteiger partial charge in [0.05, 0.1) is 12.1 Å². The highest BCUT2D eigenvalue weighted by Crippen LogP contribution is 2.48. The maximum atomic E-state index is 13.6. The number of rotatable bonds is 5. The van der Waals surface area contributed by atoms with Gasteiger partial charge in [0.1, 0.15) is 5.78 Å². The van der Waals surface area contributed by atoms with E-state index in [1.165, 1.54) is 11.1 Å². The van der Waals surface area contributed by atoms with Crippen LogP contribution in [0.1, 0.15) is 74.5 Å². The topological polar surface area (TPSA) is 84.5 Å². The molecule has 5 heteroatoms. The maximum Gasteiger partial charge on any atom is 0.255 e. The summed E-state index contributed by atoms with van der Waals surface area (Å²) in [6, 6.07) is 25.8. The fraction of sp³-hybridized carbons (Fsp3) is 0.171. The van der Waals surface area contributed by atoms with Gasteiger partial charge in [0.15, 0.2) is 0 Å². The molecular formula is C35H31N3O2. The van der Waals surface area contributed by atoms with Gasteiger partial charge in [0.2, 0.25) is 0 Å². The Morgan fingerprint density at radius 1 is 0.925 bits per heavy atom. The number of nitrogens with one attached hydrogen (secondary N) is 1. The third kappa shape index (κ3) is 4.34. The van der Waals surface area contributed by atoms with Crippen molar-refractivity contribution in [2.24, 2.45) is 10.9 Å². The Bertz CT molecular complexity index is 1680. The lowest BCUT2D eigenvalue weighted by Gasteiger charge is -2.35. The Hall–Kier alpha value is -4.77. The summed E-state index contributed by atoms with van der Waals surface area (Å²) in [5.74, 6) is 5.20. The van der Waals surface area contributed by atoms with Gasteiger partial charge in [0.25, 0.3) is 5.91 Å². The molecular weight excluding hydrogens is 494 g/mol. The first-order chi connectivity index (χ1) is 19.5. The van der Waals surface area contributed by atoms with Crippen LogP contribution in [0.5, 0.6) is 0 Å². The zero-order chi connectivity index (χ0) is 27.8. The molecule has 4 aromatic carbocycles. The van der Waals surface area contributed by atoms with E-state index in [1.54, 1.807) is 18.3 Å². The first-order valence-electron chi connectivity index (χ1n) is 13.7. The fourth-order valence-electron chi connectivity index (χ4n) is 6.43. The first kappa shape index (κ1) is 25.5. The number of benzene rings is 4. The molecule has 0 radical (unpaired) electrons. The molecule has 198 valence electrons. The van der Waals surface area contributed by atoms with Crippen molar-refractivity contribution in [2.75, 3.05) is 5.32 Å². The van der Waals surface area contributed by atoms with Crippen LogP contribution in [-0.4, -0.2) is 17.9 Å². The summed E-state index contributed by atoms with van der Waals surface area (Å²) in [7, 11) is 0. The molecule has 6 rings (SSSR count). The molecule has 0 bridgehead atoms. The second-order valence-corrected chi connectivity index (χ2v) is 10.6. The minimum atomic E-state index is -0.299. The number of fused-ring (bicyclic) bond motifs is 5. The van der Waals surface area contributed by atoms with Crippen molar-refractivity contribution in [3.8, 4) is 11.1 Å². The maximum absolute atomic E-state index is 13.6. The van der Waals surface area contributed by atoms with Gasteiger partial charge in [0, 0.05) is 17.7 Å². The molecule has 0 aromatic heterocycles. The Kier molecular flexibility index (Phi) is 6.64. The number of hydrogen-bond acceptors (Lipinski definition) is 4. The number of ketones is 1. The summed E-state index contributed by atoms with van der Waals surface area (Å²) in [4.78, 5) is 26.8. The Morgan fingerprint density at radius 2 is 1.68 bits per heavy atom. The van der Waals surface area contributed by atoms with Gasteiger partial charge in [-0.3, -0.25) is 9.59 Å². The number of carbonyl (C=O) groups is 2. The normalized spacial score (nSPS) is 17.6. The number of nitrogens with zero attached hydrogens (tertiary/aromatic N) is 1. The van der Waals surface area contributed by atoms with E-state index in [-0.39, 0.29) is 23.5 Å². The van der Waals surface area contributed by atoms with Crippen LogP contribution in [0, 0.1) is 0 Å². The van der Waals surface area contributed by atoms with Crippen molar-refractivity contribution < 1.29 is 9.59 Å². The van der Waals surface area contributed by atoms with E-state index in [2.05, 4.69) is 48.2 Å². The summed E-state index contributed by atoms with van der Waals surface area (Å²) in [5.41, 5.74) is 11.3. The molecule has 4 aromatic rings. The predicted octanol–water partition coefficient (Wildman–Crippen LogP) is 6.85. The van der Waals surface area contributed by atoms with E-state index < -0.39 is 0 Å². The number of nitrogens with two attached hydrogens (primary N) is 1. The van der Waals surface area contributed by atoms with Crippen LogP contribution in [0.4, 0.5) is 5.69 Å². The third-order valence-corrected chi connectivity index (χ3v) is 8.30. The Balaban J connectivity index is 1.42. The number of anilines is 1. The van der Waals surface area contributed by atoms with Crippen LogP contribution in [0.25, 0.3) is 17.2 Å². The zero-order valence-electron chi connectivity index (χ0n) is 22.5. The second kappa shape index (κ2) is 10.4. The van der Waals surface area contributed by atoms with Crippen molar-refractivity contribution in [2.45, 2.75) is 38.0 Å². The van der Waals surface area contributed by atoms with Gasteiger partial charge in [-0.05, 0) is 87.0 Å². The van der Waals surface area contributed by atoms with Gasteiger partial charge in [-0.15, -0.1) is 0 Å². The van der Waals surface area contributed by atoms with Gasteiger partial charge >= 0.3 is 0 Å². The van der Waals surface area contributed by atoms with Crippen LogP contribution >= 0.6 is 0 Å². The molecule has 0 fully saturated rings. The smallest absolute Gasteiger partial charge is 0.255 e. The SMILES string of the molecule is C=Cc1ccccc1C1C(=O)CC(C)c2ccc3c(c21)CCc1c(NC(=O)c2ccc(C=NN)cc2)cccc1-3. The minimum absolute atomic E-state index is 0.165. The van der Waals surface area contributed by atoms with E-state index >= 15 is 0 Å². The lowest BCUT2D eigenvalue weighted by molar-refractivity contribution is -0.120. The number of amides is 1. The van der Waals surface area contributed by atoms with Crippen molar-refractivity contribution in [3.63, 3.8) is 0 Å². The van der Waals surface area contributed by atoms with Crippen molar-refractivity contribution >= 4 is 29.7 Å². The average Bonchev–Trinajstić information content (AvgIpc) is 2.97. The molecule has 0 aliphatic heterocycles. The quantitative estimate of drug-likeness (QED) is 0.170. The van der Waals surface area contributed by atoms with Crippen LogP contribution in [-0.2, 0) is 17.6 Å². The summed E-state index contributed by atoms with van der Waals surface area (Å²) < 4.78 is 0. The molecule has 0 heterocycles. The molecule has 2 aliphatic rings. The van der Waals surface area contributed by atoms with Gasteiger partial charge in [-0.25, -0.2) is 0 Å². The molecule has 40 heavy (non-hydrogen) atoms. The highest BCUT2D eigenvalue weighted by molar-refractivity contribution is 6.05. The predicted molar refractivity (Wildman–Crippen MR) is 162 cm³/mol. The van der Waals surface area contributed by atoms with Gasteiger partial charge < -0.3 is 11.2 Å². The third-order valence-electron chi connectivity index (χ3n) is 8.30. The van der Waals surface area contributed by atoms with E-state index in [4.69, 9.17) is 5.84 Å². The molecule has 2 atom stereocenters. The molecule has 2 aliphatic carbocycles. The zero-order valence-corrected chi connectivity index (χ0v) is 22.5. The summed E-state index contributed by atoms with van der Waals surface area (Å²) in [6.45, 7) is 6.16. The van der Waals surface area contributed by atoms with E-state index in [0.29, 0.717) is 12.0 Å². The van der Waals surface area contributed by atoms with Crippen LogP contribution < -0.4 is 11.2 Å². The number of carbonyl (C=O) groups excluding carboxylic acids is 2. The summed E-state index contributed by atoms with van der Waals surface area (Å²) >= 11 is 0. The monoisotopic (exact) mass is 525 g/mol. The van der Waals surface area contributed by atoms with E-state index in [1.807, 2.05) is 48.5 Å². The summed E-state index contributed by atoms with van der Waals surface area (Å²) in [5, 5.41) is 6.66. The van der Waals surface area contributed by atoms with Crippen molar-refractivity contribution in [1.82, 2.24) is 0 Å². The summed E-state index contributed by atoms with van der Waals surface area (Å²) in [6.07, 6.45) is 5.51. The van der Waals surface area contributed by atoms with E-state index in [9.17, 15) is 9.59 Å².